The highest BCUT2D eigenvalue weighted by atomic mass is 35.5. The van der Waals surface area contributed by atoms with Gasteiger partial charge in [0.15, 0.2) is 17.6 Å². The van der Waals surface area contributed by atoms with E-state index < -0.39 is 6.10 Å². The highest BCUT2D eigenvalue weighted by Gasteiger charge is 2.34. The molecule has 1 atom stereocenters. The van der Waals surface area contributed by atoms with Gasteiger partial charge in [-0.25, -0.2) is 0 Å². The summed E-state index contributed by atoms with van der Waals surface area (Å²) in [7, 11) is 0. The van der Waals surface area contributed by atoms with Crippen molar-refractivity contribution >= 4 is 34.8 Å². The molecular weight excluding hydrogens is 450 g/mol. The predicted octanol–water partition coefficient (Wildman–Crippen LogP) is 2.18. The van der Waals surface area contributed by atoms with Gasteiger partial charge in [0.1, 0.15) is 19.0 Å². The second-order valence-corrected chi connectivity index (χ2v) is 8.32. The van der Waals surface area contributed by atoms with Crippen LogP contribution in [-0.2, 0) is 14.3 Å². The van der Waals surface area contributed by atoms with Gasteiger partial charge in [0.2, 0.25) is 5.91 Å². The fourth-order valence-electron chi connectivity index (χ4n) is 4.10. The Labute approximate surface area is 196 Å². The number of hydrogen-bond acceptors (Lipinski definition) is 7. The highest BCUT2D eigenvalue weighted by Crippen LogP contribution is 2.38. The molecule has 33 heavy (non-hydrogen) atoms. The topological polar surface area (TPSA) is 89.6 Å². The van der Waals surface area contributed by atoms with Crippen molar-refractivity contribution in [1.29, 1.82) is 0 Å². The molecule has 10 heteroatoms. The van der Waals surface area contributed by atoms with E-state index in [2.05, 4.69) is 5.32 Å². The van der Waals surface area contributed by atoms with E-state index in [9.17, 15) is 9.59 Å². The molecule has 0 aromatic heterocycles. The molecule has 2 aromatic rings. The minimum absolute atomic E-state index is 0.0258. The van der Waals surface area contributed by atoms with Crippen molar-refractivity contribution in [2.24, 2.45) is 0 Å². The van der Waals surface area contributed by atoms with Crippen molar-refractivity contribution in [3.8, 4) is 17.2 Å². The quantitative estimate of drug-likeness (QED) is 0.728. The molecular formula is C23H24ClN3O6. The van der Waals surface area contributed by atoms with Gasteiger partial charge >= 0.3 is 0 Å². The van der Waals surface area contributed by atoms with Crippen molar-refractivity contribution in [2.45, 2.75) is 6.10 Å². The number of fused-ring (bicyclic) bond motifs is 2. The molecule has 1 fully saturated rings. The van der Waals surface area contributed by atoms with Crippen LogP contribution in [-0.4, -0.2) is 75.4 Å². The van der Waals surface area contributed by atoms with Crippen LogP contribution in [0.1, 0.15) is 0 Å². The van der Waals surface area contributed by atoms with Gasteiger partial charge in [0.25, 0.3) is 5.91 Å². The van der Waals surface area contributed by atoms with Crippen LogP contribution in [0.15, 0.2) is 36.4 Å². The number of hydrogen-bond donors (Lipinski definition) is 1. The first-order valence-electron chi connectivity index (χ1n) is 10.8. The number of nitrogens with zero attached hydrogens (tertiary/aromatic N) is 2. The lowest BCUT2D eigenvalue weighted by atomic mass is 10.1. The molecule has 0 aliphatic carbocycles. The normalized spacial score (nSPS) is 19.4. The first-order valence-corrected chi connectivity index (χ1v) is 11.2. The average Bonchev–Trinajstić information content (AvgIpc) is 2.84. The van der Waals surface area contributed by atoms with E-state index in [-0.39, 0.29) is 24.9 Å². The van der Waals surface area contributed by atoms with Crippen molar-refractivity contribution in [3.63, 3.8) is 0 Å². The monoisotopic (exact) mass is 473 g/mol. The van der Waals surface area contributed by atoms with Gasteiger partial charge in [-0.1, -0.05) is 23.7 Å². The van der Waals surface area contributed by atoms with Crippen molar-refractivity contribution in [3.05, 3.63) is 41.4 Å². The number of rotatable bonds is 4. The number of ether oxygens (including phenoxy) is 4. The summed E-state index contributed by atoms with van der Waals surface area (Å²) >= 11 is 6.34. The number of halogens is 1. The third-order valence-corrected chi connectivity index (χ3v) is 6.01. The second kappa shape index (κ2) is 9.36. The molecule has 5 rings (SSSR count). The zero-order valence-corrected chi connectivity index (χ0v) is 18.7. The van der Waals surface area contributed by atoms with Gasteiger partial charge in [-0.3, -0.25) is 9.59 Å². The molecule has 1 N–H and O–H groups in total. The molecule has 1 unspecified atom stereocenters. The first-order chi connectivity index (χ1) is 16.1. The van der Waals surface area contributed by atoms with Gasteiger partial charge in [-0.05, 0) is 12.1 Å². The van der Waals surface area contributed by atoms with Crippen molar-refractivity contribution < 1.29 is 28.5 Å². The fourth-order valence-corrected chi connectivity index (χ4v) is 4.30. The van der Waals surface area contributed by atoms with Crippen LogP contribution in [0.3, 0.4) is 0 Å². The smallest absolute Gasteiger partial charge is 0.265 e. The average molecular weight is 474 g/mol. The maximum atomic E-state index is 13.0. The minimum Gasteiger partial charge on any atom is -0.486 e. The van der Waals surface area contributed by atoms with E-state index in [1.54, 1.807) is 23.1 Å². The molecule has 174 valence electrons. The predicted molar refractivity (Wildman–Crippen MR) is 122 cm³/mol. The van der Waals surface area contributed by atoms with Gasteiger partial charge in [-0.2, -0.15) is 0 Å². The summed E-state index contributed by atoms with van der Waals surface area (Å²) in [6, 6.07) is 10.7. The Hall–Kier alpha value is -3.17. The van der Waals surface area contributed by atoms with E-state index in [1.165, 1.54) is 0 Å². The largest absolute Gasteiger partial charge is 0.486 e. The number of benzene rings is 2. The van der Waals surface area contributed by atoms with E-state index in [0.29, 0.717) is 67.5 Å². The molecule has 0 bridgehead atoms. The van der Waals surface area contributed by atoms with Crippen LogP contribution in [0.5, 0.6) is 17.2 Å². The first kappa shape index (κ1) is 21.7. The Morgan fingerprint density at radius 1 is 1.00 bits per heavy atom. The zero-order valence-electron chi connectivity index (χ0n) is 17.9. The van der Waals surface area contributed by atoms with E-state index in [0.717, 1.165) is 5.69 Å². The van der Waals surface area contributed by atoms with Crippen LogP contribution >= 0.6 is 11.6 Å². The number of anilines is 2. The van der Waals surface area contributed by atoms with Crippen LogP contribution in [0.4, 0.5) is 11.4 Å². The standard InChI is InChI=1S/C23H24ClN3O6/c24-15-11-19-20(32-10-9-31-19)12-16(15)25-22(28)14-27-13-21(23(29)26-5-7-30-8-6-26)33-18-4-2-1-3-17(18)27/h1-4,11-12,21H,5-10,13-14H2,(H,25,28). The Kier molecular flexibility index (Phi) is 6.15. The van der Waals surface area contributed by atoms with Crippen LogP contribution in [0, 0.1) is 0 Å². The van der Waals surface area contributed by atoms with Crippen molar-refractivity contribution in [1.82, 2.24) is 4.90 Å². The lowest BCUT2D eigenvalue weighted by molar-refractivity contribution is -0.142. The van der Waals surface area contributed by atoms with E-state index in [4.69, 9.17) is 30.5 Å². The van der Waals surface area contributed by atoms with Gasteiger partial charge in [0.05, 0.1) is 42.7 Å². The van der Waals surface area contributed by atoms with Crippen LogP contribution in [0.25, 0.3) is 0 Å². The van der Waals surface area contributed by atoms with Crippen molar-refractivity contribution in [2.75, 3.05) is 62.8 Å². The van der Waals surface area contributed by atoms with Crippen LogP contribution < -0.4 is 24.4 Å². The molecule has 0 spiro atoms. The molecule has 9 nitrogen and oxygen atoms in total. The molecule has 3 aliphatic heterocycles. The number of carbonyl (C=O) groups excluding carboxylic acids is 2. The molecule has 3 heterocycles. The molecule has 0 radical (unpaired) electrons. The summed E-state index contributed by atoms with van der Waals surface area (Å²) < 4.78 is 22.4. The minimum atomic E-state index is -0.705. The maximum Gasteiger partial charge on any atom is 0.265 e. The Morgan fingerprint density at radius 3 is 2.52 bits per heavy atom. The molecule has 0 saturated carbocycles. The van der Waals surface area contributed by atoms with Crippen LogP contribution in [0.2, 0.25) is 5.02 Å². The molecule has 2 aromatic carbocycles. The highest BCUT2D eigenvalue weighted by molar-refractivity contribution is 6.34. The number of amides is 2. The maximum absolute atomic E-state index is 13.0. The number of carbonyl (C=O) groups is 2. The SMILES string of the molecule is O=C(CN1CC(C(=O)N2CCOCC2)Oc2ccccc21)Nc1cc2c(cc1Cl)OCCO2. The Morgan fingerprint density at radius 2 is 1.73 bits per heavy atom. The summed E-state index contributed by atoms with van der Waals surface area (Å²) in [4.78, 5) is 29.6. The zero-order chi connectivity index (χ0) is 22.8. The Bertz CT molecular complexity index is 1060. The third kappa shape index (κ3) is 4.65. The number of nitrogens with one attached hydrogen (secondary N) is 1. The van der Waals surface area contributed by atoms with Gasteiger partial charge in [0, 0.05) is 25.2 Å². The molecule has 1 saturated heterocycles. The second-order valence-electron chi connectivity index (χ2n) is 7.92. The Balaban J connectivity index is 1.31. The number of para-hydroxylation sites is 2. The third-order valence-electron chi connectivity index (χ3n) is 5.70. The lowest BCUT2D eigenvalue weighted by Crippen LogP contribution is -2.53. The summed E-state index contributed by atoms with van der Waals surface area (Å²) in [6.07, 6.45) is -0.705. The van der Waals surface area contributed by atoms with Gasteiger partial charge in [-0.15, -0.1) is 0 Å². The van der Waals surface area contributed by atoms with E-state index in [1.807, 2.05) is 23.1 Å². The number of morpholine rings is 1. The van der Waals surface area contributed by atoms with E-state index >= 15 is 0 Å². The summed E-state index contributed by atoms with van der Waals surface area (Å²) in [5, 5.41) is 3.20. The summed E-state index contributed by atoms with van der Waals surface area (Å²) in [6.45, 7) is 3.26. The molecule has 3 aliphatic rings. The van der Waals surface area contributed by atoms with Gasteiger partial charge < -0.3 is 34.1 Å². The summed E-state index contributed by atoms with van der Waals surface area (Å²) in [5.41, 5.74) is 1.19. The molecule has 2 amide bonds. The summed E-state index contributed by atoms with van der Waals surface area (Å²) in [5.74, 6) is 1.28. The lowest BCUT2D eigenvalue weighted by Gasteiger charge is -2.38. The fraction of sp³-hybridized carbons (Fsp3) is 0.391.